The number of nitrogens with one attached hydrogen (secondary N) is 1. The minimum absolute atomic E-state index is 0.126. The number of carbonyl (C=O) groups is 1. The molecule has 0 heterocycles. The number of primary amides is 1. The van der Waals surface area contributed by atoms with Gasteiger partial charge in [0.1, 0.15) is 5.69 Å². The minimum Gasteiger partial charge on any atom is -0.378 e. The number of nitrogens with zero attached hydrogens (tertiary/aromatic N) is 2. The van der Waals surface area contributed by atoms with Gasteiger partial charge < -0.3 is 16.0 Å². The summed E-state index contributed by atoms with van der Waals surface area (Å²) in [4.78, 5) is 23.6. The monoisotopic (exact) mass is 280 g/mol. The highest BCUT2D eigenvalue weighted by Crippen LogP contribution is 2.25. The number of benzene rings is 1. The van der Waals surface area contributed by atoms with Crippen LogP contribution in [-0.4, -0.2) is 41.9 Å². The van der Waals surface area contributed by atoms with Crippen molar-refractivity contribution in [1.29, 1.82) is 0 Å². The van der Waals surface area contributed by atoms with E-state index in [4.69, 9.17) is 5.73 Å². The van der Waals surface area contributed by atoms with E-state index in [1.165, 1.54) is 18.2 Å². The zero-order valence-corrected chi connectivity index (χ0v) is 11.9. The van der Waals surface area contributed by atoms with Crippen molar-refractivity contribution in [2.24, 2.45) is 5.73 Å². The van der Waals surface area contributed by atoms with Crippen LogP contribution in [0.4, 0.5) is 11.4 Å². The molecule has 110 valence electrons. The molecule has 0 radical (unpaired) electrons. The number of hydrogen-bond acceptors (Lipinski definition) is 5. The first kappa shape index (κ1) is 15.9. The van der Waals surface area contributed by atoms with Gasteiger partial charge in [-0.2, -0.15) is 0 Å². The first-order valence-corrected chi connectivity index (χ1v) is 6.35. The smallest absolute Gasteiger partial charge is 0.293 e. The molecule has 0 aliphatic heterocycles. The van der Waals surface area contributed by atoms with E-state index >= 15 is 0 Å². The number of hydrogen-bond donors (Lipinski definition) is 2. The third-order valence-corrected chi connectivity index (χ3v) is 3.14. The Kier molecular flexibility index (Phi) is 5.45. The molecule has 0 unspecified atom stereocenters. The van der Waals surface area contributed by atoms with Crippen molar-refractivity contribution < 1.29 is 9.72 Å². The quantitative estimate of drug-likeness (QED) is 0.581. The highest BCUT2D eigenvalue weighted by atomic mass is 16.6. The second kappa shape index (κ2) is 6.85. The number of likely N-dealkylation sites (N-methyl/N-ethyl adjacent to an activating group) is 1. The largest absolute Gasteiger partial charge is 0.378 e. The number of anilines is 1. The fraction of sp³-hybridized carbons (Fsp3) is 0.462. The van der Waals surface area contributed by atoms with E-state index in [2.05, 4.69) is 24.1 Å². The number of nitrogens with two attached hydrogens (primary N) is 1. The molecule has 0 aliphatic rings. The number of nitro groups is 1. The summed E-state index contributed by atoms with van der Waals surface area (Å²) in [6.07, 6.45) is 0. The van der Waals surface area contributed by atoms with Crippen molar-refractivity contribution in [1.82, 2.24) is 4.90 Å². The van der Waals surface area contributed by atoms with Crippen molar-refractivity contribution in [2.75, 3.05) is 25.5 Å². The van der Waals surface area contributed by atoms with E-state index in [-0.39, 0.29) is 11.3 Å². The normalized spacial score (nSPS) is 10.8. The van der Waals surface area contributed by atoms with Gasteiger partial charge in [-0.05, 0) is 33.0 Å². The van der Waals surface area contributed by atoms with Crippen molar-refractivity contribution >= 4 is 17.3 Å². The average Bonchev–Trinajstić information content (AvgIpc) is 2.38. The number of nitro benzene ring substituents is 1. The Morgan fingerprint density at radius 1 is 1.50 bits per heavy atom. The zero-order chi connectivity index (χ0) is 15.3. The van der Waals surface area contributed by atoms with Crippen LogP contribution in [0, 0.1) is 10.1 Å². The van der Waals surface area contributed by atoms with E-state index in [1.807, 2.05) is 7.05 Å². The Labute approximate surface area is 117 Å². The lowest BCUT2D eigenvalue weighted by Crippen LogP contribution is -2.31. The zero-order valence-electron chi connectivity index (χ0n) is 11.9. The van der Waals surface area contributed by atoms with Crippen LogP contribution in [0.25, 0.3) is 0 Å². The lowest BCUT2D eigenvalue weighted by atomic mass is 10.1. The molecular weight excluding hydrogens is 260 g/mol. The molecule has 7 heteroatoms. The maximum atomic E-state index is 11.0. The molecule has 0 saturated carbocycles. The summed E-state index contributed by atoms with van der Waals surface area (Å²) >= 11 is 0. The third kappa shape index (κ3) is 4.20. The first-order valence-electron chi connectivity index (χ1n) is 6.35. The molecule has 0 fully saturated rings. The summed E-state index contributed by atoms with van der Waals surface area (Å²) in [6.45, 7) is 5.48. The standard InChI is InChI=1S/C13H20N4O3/c1-9(2)16(3)7-6-15-11-5-4-10(13(14)18)8-12(11)17(19)20/h4-5,8-9,15H,6-7H2,1-3H3,(H2,14,18). The summed E-state index contributed by atoms with van der Waals surface area (Å²) in [5.41, 5.74) is 5.49. The molecule has 0 atom stereocenters. The van der Waals surface area contributed by atoms with Crippen LogP contribution in [0.3, 0.4) is 0 Å². The molecule has 0 spiro atoms. The summed E-state index contributed by atoms with van der Waals surface area (Å²) < 4.78 is 0. The van der Waals surface area contributed by atoms with Gasteiger partial charge in [0.05, 0.1) is 4.92 Å². The molecule has 0 bridgehead atoms. The van der Waals surface area contributed by atoms with Gasteiger partial charge in [-0.15, -0.1) is 0 Å². The molecular formula is C13H20N4O3. The Morgan fingerprint density at radius 3 is 2.65 bits per heavy atom. The Bertz CT molecular complexity index is 502. The lowest BCUT2D eigenvalue weighted by molar-refractivity contribution is -0.384. The Morgan fingerprint density at radius 2 is 2.15 bits per heavy atom. The summed E-state index contributed by atoms with van der Waals surface area (Å²) in [6, 6.07) is 4.58. The predicted molar refractivity (Wildman–Crippen MR) is 77.9 cm³/mol. The molecule has 3 N–H and O–H groups in total. The van der Waals surface area contributed by atoms with Crippen LogP contribution in [0.5, 0.6) is 0 Å². The molecule has 1 aromatic rings. The summed E-state index contributed by atoms with van der Waals surface area (Å²) in [7, 11) is 1.98. The van der Waals surface area contributed by atoms with Crippen LogP contribution in [0.2, 0.25) is 0 Å². The fourth-order valence-electron chi connectivity index (χ4n) is 1.61. The van der Waals surface area contributed by atoms with Crippen LogP contribution in [0.15, 0.2) is 18.2 Å². The van der Waals surface area contributed by atoms with Crippen LogP contribution in [0.1, 0.15) is 24.2 Å². The van der Waals surface area contributed by atoms with Crippen molar-refractivity contribution in [3.05, 3.63) is 33.9 Å². The van der Waals surface area contributed by atoms with E-state index in [9.17, 15) is 14.9 Å². The second-order valence-electron chi connectivity index (χ2n) is 4.85. The van der Waals surface area contributed by atoms with Gasteiger partial charge in [0.2, 0.25) is 5.91 Å². The molecule has 1 aromatic carbocycles. The van der Waals surface area contributed by atoms with E-state index in [0.717, 1.165) is 6.54 Å². The van der Waals surface area contributed by atoms with E-state index in [1.54, 1.807) is 0 Å². The highest BCUT2D eigenvalue weighted by molar-refractivity contribution is 5.94. The molecule has 0 aromatic heterocycles. The molecule has 20 heavy (non-hydrogen) atoms. The van der Waals surface area contributed by atoms with E-state index < -0.39 is 10.8 Å². The van der Waals surface area contributed by atoms with Crippen molar-refractivity contribution in [2.45, 2.75) is 19.9 Å². The molecule has 7 nitrogen and oxygen atoms in total. The average molecular weight is 280 g/mol. The minimum atomic E-state index is -0.681. The van der Waals surface area contributed by atoms with Crippen LogP contribution >= 0.6 is 0 Å². The van der Waals surface area contributed by atoms with Crippen molar-refractivity contribution in [3.8, 4) is 0 Å². The number of amides is 1. The van der Waals surface area contributed by atoms with Gasteiger partial charge in [0.15, 0.2) is 0 Å². The van der Waals surface area contributed by atoms with Gasteiger partial charge in [-0.1, -0.05) is 0 Å². The maximum Gasteiger partial charge on any atom is 0.293 e. The molecule has 1 amide bonds. The molecule has 0 aliphatic carbocycles. The summed E-state index contributed by atoms with van der Waals surface area (Å²) in [5, 5.41) is 14.0. The Balaban J connectivity index is 2.79. The van der Waals surface area contributed by atoms with Gasteiger partial charge in [0.25, 0.3) is 5.69 Å². The predicted octanol–water partition coefficient (Wildman–Crippen LogP) is 1.45. The van der Waals surface area contributed by atoms with Gasteiger partial charge in [0, 0.05) is 30.8 Å². The van der Waals surface area contributed by atoms with Crippen LogP contribution in [-0.2, 0) is 0 Å². The van der Waals surface area contributed by atoms with Crippen LogP contribution < -0.4 is 11.1 Å². The van der Waals surface area contributed by atoms with Gasteiger partial charge in [-0.3, -0.25) is 14.9 Å². The third-order valence-electron chi connectivity index (χ3n) is 3.14. The highest BCUT2D eigenvalue weighted by Gasteiger charge is 2.16. The van der Waals surface area contributed by atoms with Gasteiger partial charge >= 0.3 is 0 Å². The number of carbonyl (C=O) groups excluding carboxylic acids is 1. The second-order valence-corrected chi connectivity index (χ2v) is 4.85. The van der Waals surface area contributed by atoms with E-state index in [0.29, 0.717) is 18.3 Å². The fourth-order valence-corrected chi connectivity index (χ4v) is 1.61. The number of rotatable bonds is 7. The van der Waals surface area contributed by atoms with Gasteiger partial charge in [-0.25, -0.2) is 0 Å². The summed E-state index contributed by atoms with van der Waals surface area (Å²) in [5.74, 6) is -0.681. The Hall–Kier alpha value is -2.15. The maximum absolute atomic E-state index is 11.0. The topological polar surface area (TPSA) is 102 Å². The molecule has 0 saturated heterocycles. The lowest BCUT2D eigenvalue weighted by Gasteiger charge is -2.21. The first-order chi connectivity index (χ1) is 9.32. The van der Waals surface area contributed by atoms with Crippen molar-refractivity contribution in [3.63, 3.8) is 0 Å². The molecule has 1 rings (SSSR count). The SMILES string of the molecule is CC(C)N(C)CCNc1ccc(C(N)=O)cc1[N+](=O)[O-].